The molecule has 7 heteroatoms. The van der Waals surface area contributed by atoms with Gasteiger partial charge in [-0.05, 0) is 30.7 Å². The smallest absolute Gasteiger partial charge is 0.276 e. The number of rotatable bonds is 3. The molecule has 3 aromatic rings. The van der Waals surface area contributed by atoms with E-state index in [2.05, 4.69) is 14.9 Å². The number of carbonyl (C=O) groups is 1. The van der Waals surface area contributed by atoms with Crippen LogP contribution in [0.25, 0.3) is 5.65 Å². The largest absolute Gasteiger partial charge is 0.505 e. The van der Waals surface area contributed by atoms with Gasteiger partial charge in [0.1, 0.15) is 11.4 Å². The molecular formula is C19H21N5O2. The number of piperazine rings is 1. The number of hydrogen-bond acceptors (Lipinski definition) is 5. The number of carbonyl (C=O) groups excluding carboxylic acids is 1. The van der Waals surface area contributed by atoms with E-state index < -0.39 is 0 Å². The molecule has 1 fully saturated rings. The Morgan fingerprint density at radius 2 is 2.00 bits per heavy atom. The van der Waals surface area contributed by atoms with Crippen molar-refractivity contribution >= 4 is 11.6 Å². The van der Waals surface area contributed by atoms with Gasteiger partial charge in [0.05, 0.1) is 5.69 Å². The van der Waals surface area contributed by atoms with Crippen molar-refractivity contribution in [1.29, 1.82) is 0 Å². The lowest BCUT2D eigenvalue weighted by atomic mass is 10.2. The summed E-state index contributed by atoms with van der Waals surface area (Å²) in [6, 6.07) is 7.64. The van der Waals surface area contributed by atoms with Gasteiger partial charge in [0.15, 0.2) is 5.69 Å². The van der Waals surface area contributed by atoms with Crippen LogP contribution in [0.2, 0.25) is 0 Å². The van der Waals surface area contributed by atoms with Gasteiger partial charge < -0.3 is 14.4 Å². The predicted octanol–water partition coefficient (Wildman–Crippen LogP) is 1.70. The monoisotopic (exact) mass is 351 g/mol. The van der Waals surface area contributed by atoms with Gasteiger partial charge in [-0.3, -0.25) is 9.69 Å². The Morgan fingerprint density at radius 1 is 1.19 bits per heavy atom. The maximum Gasteiger partial charge on any atom is 0.276 e. The first kappa shape index (κ1) is 16.5. The van der Waals surface area contributed by atoms with Crippen molar-refractivity contribution < 1.29 is 9.90 Å². The SMILES string of the molecule is Cc1ccnc(C(=O)N2CCN(Cc3cn4ccccc4n3)CC2)c1O. The summed E-state index contributed by atoms with van der Waals surface area (Å²) in [5.41, 5.74) is 2.76. The predicted molar refractivity (Wildman–Crippen MR) is 97.0 cm³/mol. The molecule has 7 nitrogen and oxygen atoms in total. The van der Waals surface area contributed by atoms with E-state index in [1.165, 1.54) is 0 Å². The van der Waals surface area contributed by atoms with Crippen molar-refractivity contribution in [2.24, 2.45) is 0 Å². The molecule has 26 heavy (non-hydrogen) atoms. The Kier molecular flexibility index (Phi) is 4.30. The lowest BCUT2D eigenvalue weighted by molar-refractivity contribution is 0.0618. The van der Waals surface area contributed by atoms with Gasteiger partial charge in [-0.25, -0.2) is 9.97 Å². The molecule has 1 amide bonds. The van der Waals surface area contributed by atoms with Crippen molar-refractivity contribution in [1.82, 2.24) is 24.2 Å². The van der Waals surface area contributed by atoms with Crippen LogP contribution in [-0.4, -0.2) is 61.4 Å². The van der Waals surface area contributed by atoms with Gasteiger partial charge in [0.2, 0.25) is 0 Å². The molecule has 0 aromatic carbocycles. The Bertz CT molecular complexity index is 911. The first-order chi connectivity index (χ1) is 12.6. The van der Waals surface area contributed by atoms with E-state index in [9.17, 15) is 9.90 Å². The van der Waals surface area contributed by atoms with Crippen LogP contribution in [-0.2, 0) is 6.54 Å². The van der Waals surface area contributed by atoms with Crippen molar-refractivity contribution in [2.75, 3.05) is 26.2 Å². The summed E-state index contributed by atoms with van der Waals surface area (Å²) < 4.78 is 2.02. The summed E-state index contributed by atoms with van der Waals surface area (Å²) in [5.74, 6) is -0.233. The summed E-state index contributed by atoms with van der Waals surface area (Å²) in [5, 5.41) is 10.1. The van der Waals surface area contributed by atoms with E-state index in [0.29, 0.717) is 18.7 Å². The summed E-state index contributed by atoms with van der Waals surface area (Å²) >= 11 is 0. The van der Waals surface area contributed by atoms with Crippen LogP contribution in [0.5, 0.6) is 5.75 Å². The maximum absolute atomic E-state index is 12.6. The summed E-state index contributed by atoms with van der Waals surface area (Å²) in [6.07, 6.45) is 5.59. The third-order valence-electron chi connectivity index (χ3n) is 4.79. The van der Waals surface area contributed by atoms with Crippen molar-refractivity contribution in [3.8, 4) is 5.75 Å². The number of hydrogen-bond donors (Lipinski definition) is 1. The van der Waals surface area contributed by atoms with E-state index in [1.807, 2.05) is 35.0 Å². The minimum Gasteiger partial charge on any atom is -0.505 e. The molecule has 0 aliphatic carbocycles. The average molecular weight is 351 g/mol. The second kappa shape index (κ2) is 6.76. The summed E-state index contributed by atoms with van der Waals surface area (Å²) in [4.78, 5) is 25.3. The third-order valence-corrected chi connectivity index (χ3v) is 4.79. The number of nitrogens with zero attached hydrogens (tertiary/aromatic N) is 5. The molecule has 0 saturated carbocycles. The Labute approximate surface area is 151 Å². The van der Waals surface area contributed by atoms with Gasteiger partial charge in [-0.2, -0.15) is 0 Å². The van der Waals surface area contributed by atoms with Gasteiger partial charge in [0, 0.05) is 51.3 Å². The number of aromatic nitrogens is 3. The zero-order valence-electron chi connectivity index (χ0n) is 14.7. The molecular weight excluding hydrogens is 330 g/mol. The molecule has 1 saturated heterocycles. The van der Waals surface area contributed by atoms with Gasteiger partial charge in [-0.15, -0.1) is 0 Å². The molecule has 0 atom stereocenters. The van der Waals surface area contributed by atoms with Crippen LogP contribution in [0.15, 0.2) is 42.9 Å². The molecule has 4 heterocycles. The highest BCUT2D eigenvalue weighted by Gasteiger charge is 2.25. The maximum atomic E-state index is 12.6. The van der Waals surface area contributed by atoms with Crippen LogP contribution in [0.1, 0.15) is 21.7 Å². The van der Waals surface area contributed by atoms with Crippen LogP contribution in [0.4, 0.5) is 0 Å². The number of amides is 1. The van der Waals surface area contributed by atoms with Crippen molar-refractivity contribution in [3.63, 3.8) is 0 Å². The highest BCUT2D eigenvalue weighted by molar-refractivity contribution is 5.95. The summed E-state index contributed by atoms with van der Waals surface area (Å²) in [7, 11) is 0. The van der Waals surface area contributed by atoms with Crippen LogP contribution < -0.4 is 0 Å². The number of pyridine rings is 2. The standard InChI is InChI=1S/C19H21N5O2/c1-14-5-6-20-17(18(14)25)19(26)23-10-8-22(9-11-23)12-15-13-24-7-3-2-4-16(24)21-15/h2-7,13,25H,8-12H2,1H3. The number of aryl methyl sites for hydroxylation is 1. The fourth-order valence-corrected chi connectivity index (χ4v) is 3.26. The van der Waals surface area contributed by atoms with E-state index in [4.69, 9.17) is 0 Å². The highest BCUT2D eigenvalue weighted by atomic mass is 16.3. The van der Waals surface area contributed by atoms with Gasteiger partial charge >= 0.3 is 0 Å². The van der Waals surface area contributed by atoms with E-state index in [-0.39, 0.29) is 17.4 Å². The fraction of sp³-hybridized carbons (Fsp3) is 0.316. The molecule has 0 radical (unpaired) electrons. The minimum atomic E-state index is -0.210. The van der Waals surface area contributed by atoms with Crippen LogP contribution in [0, 0.1) is 6.92 Å². The number of imidazole rings is 1. The number of fused-ring (bicyclic) bond motifs is 1. The molecule has 134 valence electrons. The molecule has 4 rings (SSSR count). The average Bonchev–Trinajstić information content (AvgIpc) is 3.06. The molecule has 0 spiro atoms. The topological polar surface area (TPSA) is 74.0 Å². The Balaban J connectivity index is 1.39. The molecule has 0 unspecified atom stereocenters. The van der Waals surface area contributed by atoms with Crippen LogP contribution >= 0.6 is 0 Å². The fourth-order valence-electron chi connectivity index (χ4n) is 3.26. The van der Waals surface area contributed by atoms with Crippen molar-refractivity contribution in [3.05, 3.63) is 59.8 Å². The summed E-state index contributed by atoms with van der Waals surface area (Å²) in [6.45, 7) is 5.29. The Morgan fingerprint density at radius 3 is 2.77 bits per heavy atom. The van der Waals surface area contributed by atoms with Gasteiger partial charge in [-0.1, -0.05) is 6.07 Å². The third kappa shape index (κ3) is 3.13. The van der Waals surface area contributed by atoms with E-state index >= 15 is 0 Å². The normalized spacial score (nSPS) is 15.5. The zero-order chi connectivity index (χ0) is 18.1. The minimum absolute atomic E-state index is 0.0235. The lowest BCUT2D eigenvalue weighted by Crippen LogP contribution is -2.48. The van der Waals surface area contributed by atoms with Crippen LogP contribution in [0.3, 0.4) is 0 Å². The van der Waals surface area contributed by atoms with E-state index in [0.717, 1.165) is 31.0 Å². The molecule has 1 N–H and O–H groups in total. The second-order valence-electron chi connectivity index (χ2n) is 6.59. The van der Waals surface area contributed by atoms with Crippen molar-refractivity contribution in [2.45, 2.75) is 13.5 Å². The lowest BCUT2D eigenvalue weighted by Gasteiger charge is -2.34. The molecule has 0 bridgehead atoms. The zero-order valence-corrected chi connectivity index (χ0v) is 14.7. The second-order valence-corrected chi connectivity index (χ2v) is 6.59. The Hall–Kier alpha value is -2.93. The van der Waals surface area contributed by atoms with Gasteiger partial charge in [0.25, 0.3) is 5.91 Å². The first-order valence-corrected chi connectivity index (χ1v) is 8.70. The molecule has 1 aliphatic heterocycles. The number of aromatic hydroxyl groups is 1. The first-order valence-electron chi connectivity index (χ1n) is 8.70. The highest BCUT2D eigenvalue weighted by Crippen LogP contribution is 2.21. The quantitative estimate of drug-likeness (QED) is 0.777. The molecule has 1 aliphatic rings. The van der Waals surface area contributed by atoms with E-state index in [1.54, 1.807) is 24.1 Å². The molecule has 3 aromatic heterocycles.